The van der Waals surface area contributed by atoms with Crippen molar-refractivity contribution in [1.29, 1.82) is 0 Å². The van der Waals surface area contributed by atoms with Gasteiger partial charge < -0.3 is 28.8 Å². The summed E-state index contributed by atoms with van der Waals surface area (Å²) in [6, 6.07) is -0.803. The van der Waals surface area contributed by atoms with Crippen LogP contribution in [0.2, 0.25) is 0 Å². The van der Waals surface area contributed by atoms with Crippen molar-refractivity contribution in [3.05, 3.63) is 72.9 Å². The normalized spacial score (nSPS) is 14.9. The van der Waals surface area contributed by atoms with E-state index in [0.29, 0.717) is 23.9 Å². The van der Waals surface area contributed by atoms with Gasteiger partial charge in [-0.25, -0.2) is 0 Å². The van der Waals surface area contributed by atoms with Crippen molar-refractivity contribution in [1.82, 2.24) is 5.32 Å². The van der Waals surface area contributed by atoms with Gasteiger partial charge in [0.2, 0.25) is 5.91 Å². The molecule has 0 saturated carbocycles. The molecule has 0 aliphatic heterocycles. The second-order valence-electron chi connectivity index (χ2n) is 16.7. The summed E-state index contributed by atoms with van der Waals surface area (Å²) in [6.07, 6.45) is 53.7. The second kappa shape index (κ2) is 40.4. The number of carbonyl (C=O) groups is 1. The van der Waals surface area contributed by atoms with Gasteiger partial charge in [0, 0.05) is 6.42 Å². The van der Waals surface area contributed by atoms with Crippen molar-refractivity contribution in [3.8, 4) is 0 Å². The van der Waals surface area contributed by atoms with E-state index >= 15 is 0 Å². The van der Waals surface area contributed by atoms with E-state index in [1.54, 1.807) is 0 Å². The number of allylic oxidation sites excluding steroid dienone is 12. The lowest BCUT2D eigenvalue weighted by molar-refractivity contribution is -0.870. The van der Waals surface area contributed by atoms with Crippen LogP contribution in [0.3, 0.4) is 0 Å². The van der Waals surface area contributed by atoms with Crippen LogP contribution < -0.4 is 10.2 Å². The fourth-order valence-electron chi connectivity index (χ4n) is 6.28. The van der Waals surface area contributed by atoms with E-state index in [1.165, 1.54) is 70.6 Å². The smallest absolute Gasteiger partial charge is 0.268 e. The number of likely N-dealkylation sites (N-methyl/N-ethyl adjacent to an activating group) is 1. The number of hydrogen-bond acceptors (Lipinski definition) is 6. The highest BCUT2D eigenvalue weighted by Crippen LogP contribution is 2.38. The van der Waals surface area contributed by atoms with Crippen molar-refractivity contribution >= 4 is 13.7 Å². The summed E-state index contributed by atoms with van der Waals surface area (Å²) in [5.41, 5.74) is 0. The molecule has 0 aromatic rings. The molecule has 0 radical (unpaired) electrons. The maximum absolute atomic E-state index is 12.8. The predicted octanol–water partition coefficient (Wildman–Crippen LogP) is 12.6. The van der Waals surface area contributed by atoms with Crippen LogP contribution in [0.25, 0.3) is 0 Å². The third-order valence-corrected chi connectivity index (χ3v) is 10.9. The standard InChI is InChI=1S/C49H89N2O6P/c1-6-8-10-12-14-15-16-17-18-19-20-21-22-23-24-25-26-27-28-29-30-31-32-33-34-35-37-39-41-43-49(53)50-47(48(52)42-40-38-36-13-11-9-7-2)46-57-58(54,55)56-45-44-51(3,4)5/h8,10,14-15,17-18,20-21,23-24,26-27,47-48,52H,6-7,9,11-13,16,19,22,25,28-46H2,1-5H3,(H-,50,53,54,55)/b10-8-,15-14-,18-17-,21-20-,24-23-,27-26-. The molecule has 0 saturated heterocycles. The molecule has 2 N–H and O–H groups in total. The molecule has 0 rings (SSSR count). The van der Waals surface area contributed by atoms with Crippen LogP contribution in [0, 0.1) is 0 Å². The lowest BCUT2D eigenvalue weighted by Gasteiger charge is -2.30. The molecule has 0 bridgehead atoms. The lowest BCUT2D eigenvalue weighted by Crippen LogP contribution is -2.46. The van der Waals surface area contributed by atoms with Crippen molar-refractivity contribution in [2.24, 2.45) is 0 Å². The Labute approximate surface area is 357 Å². The Morgan fingerprint density at radius 2 is 1.05 bits per heavy atom. The van der Waals surface area contributed by atoms with E-state index in [1.807, 2.05) is 21.1 Å². The number of rotatable bonds is 41. The van der Waals surface area contributed by atoms with Gasteiger partial charge >= 0.3 is 0 Å². The van der Waals surface area contributed by atoms with Crippen LogP contribution in [0.15, 0.2) is 72.9 Å². The Kier molecular flexibility index (Phi) is 38.9. The number of nitrogens with one attached hydrogen (secondary N) is 1. The quantitative estimate of drug-likeness (QED) is 0.0275. The van der Waals surface area contributed by atoms with Crippen LogP contribution in [0.5, 0.6) is 0 Å². The molecule has 58 heavy (non-hydrogen) atoms. The first kappa shape index (κ1) is 55.9. The van der Waals surface area contributed by atoms with E-state index in [4.69, 9.17) is 9.05 Å². The monoisotopic (exact) mass is 833 g/mol. The fraction of sp³-hybridized carbons (Fsp3) is 0.735. The van der Waals surface area contributed by atoms with E-state index in [-0.39, 0.29) is 19.1 Å². The Hall–Kier alpha value is -2.06. The topological polar surface area (TPSA) is 108 Å². The number of quaternary nitrogens is 1. The molecule has 0 aliphatic carbocycles. The zero-order valence-corrected chi connectivity index (χ0v) is 38.9. The maximum Gasteiger partial charge on any atom is 0.268 e. The third kappa shape index (κ3) is 42.1. The summed E-state index contributed by atoms with van der Waals surface area (Å²) in [5.74, 6) is -0.178. The molecular weight excluding hydrogens is 744 g/mol. The van der Waals surface area contributed by atoms with Crippen molar-refractivity contribution in [2.45, 2.75) is 193 Å². The van der Waals surface area contributed by atoms with Crippen LogP contribution >= 0.6 is 7.82 Å². The average Bonchev–Trinajstić information content (AvgIpc) is 3.17. The fourth-order valence-corrected chi connectivity index (χ4v) is 7.00. The molecular formula is C49H89N2O6P. The number of phosphoric ester groups is 1. The van der Waals surface area contributed by atoms with Crippen molar-refractivity contribution < 1.29 is 32.9 Å². The maximum atomic E-state index is 12.8. The summed E-state index contributed by atoms with van der Waals surface area (Å²) < 4.78 is 23.1. The first-order valence-corrected chi connectivity index (χ1v) is 24.7. The minimum Gasteiger partial charge on any atom is -0.756 e. The van der Waals surface area contributed by atoms with Gasteiger partial charge in [-0.05, 0) is 64.2 Å². The molecule has 8 nitrogen and oxygen atoms in total. The molecule has 9 heteroatoms. The number of carbonyl (C=O) groups excluding carboxylic acids is 1. The van der Waals surface area contributed by atoms with E-state index < -0.39 is 20.0 Å². The van der Waals surface area contributed by atoms with Crippen molar-refractivity contribution in [3.63, 3.8) is 0 Å². The molecule has 336 valence electrons. The summed E-state index contributed by atoms with van der Waals surface area (Å²) in [4.78, 5) is 25.2. The highest BCUT2D eigenvalue weighted by molar-refractivity contribution is 7.45. The van der Waals surface area contributed by atoms with E-state index in [9.17, 15) is 19.4 Å². The molecule has 0 fully saturated rings. The molecule has 0 aliphatic rings. The van der Waals surface area contributed by atoms with Gasteiger partial charge in [-0.3, -0.25) is 9.36 Å². The SMILES string of the molecule is CC/C=C\C/C=C\C/C=C\C/C=C\C/C=C\C/C=C\CCCCCCCCCCCCC(=O)NC(COP(=O)([O-])OCC[N+](C)(C)C)C(O)CCCCCCCCC. The molecule has 1 amide bonds. The zero-order chi connectivity index (χ0) is 42.8. The number of hydrogen-bond donors (Lipinski definition) is 2. The highest BCUT2D eigenvalue weighted by Gasteiger charge is 2.24. The van der Waals surface area contributed by atoms with Crippen LogP contribution in [-0.4, -0.2) is 68.5 Å². The predicted molar refractivity (Wildman–Crippen MR) is 247 cm³/mol. The third-order valence-electron chi connectivity index (χ3n) is 9.96. The van der Waals surface area contributed by atoms with Gasteiger partial charge in [0.05, 0.1) is 39.9 Å². The van der Waals surface area contributed by atoms with Gasteiger partial charge in [0.15, 0.2) is 0 Å². The van der Waals surface area contributed by atoms with Gasteiger partial charge in [-0.1, -0.05) is 183 Å². The van der Waals surface area contributed by atoms with Crippen molar-refractivity contribution in [2.75, 3.05) is 40.9 Å². The summed E-state index contributed by atoms with van der Waals surface area (Å²) in [6.45, 7) is 4.53. The number of phosphoric acid groups is 1. The lowest BCUT2D eigenvalue weighted by atomic mass is 10.0. The molecule has 0 spiro atoms. The molecule has 3 atom stereocenters. The van der Waals surface area contributed by atoms with Crippen LogP contribution in [0.4, 0.5) is 0 Å². The largest absolute Gasteiger partial charge is 0.756 e. The Bertz CT molecular complexity index is 1170. The molecule has 0 aromatic carbocycles. The van der Waals surface area contributed by atoms with Gasteiger partial charge in [0.25, 0.3) is 7.82 Å². The van der Waals surface area contributed by atoms with Gasteiger partial charge in [0.1, 0.15) is 13.2 Å². The Balaban J connectivity index is 4.07. The summed E-state index contributed by atoms with van der Waals surface area (Å²) >= 11 is 0. The Morgan fingerprint density at radius 3 is 1.53 bits per heavy atom. The van der Waals surface area contributed by atoms with E-state index in [0.717, 1.165) is 83.5 Å². The van der Waals surface area contributed by atoms with E-state index in [2.05, 4.69) is 92.1 Å². The van der Waals surface area contributed by atoms with Crippen LogP contribution in [-0.2, 0) is 18.4 Å². The Morgan fingerprint density at radius 1 is 0.621 bits per heavy atom. The minimum atomic E-state index is -4.56. The minimum absolute atomic E-state index is 0.00756. The second-order valence-corrected chi connectivity index (χ2v) is 18.1. The molecule has 3 unspecified atom stereocenters. The first-order valence-electron chi connectivity index (χ1n) is 23.3. The highest BCUT2D eigenvalue weighted by atomic mass is 31.2. The average molecular weight is 833 g/mol. The number of amides is 1. The molecule has 0 aromatic heterocycles. The zero-order valence-electron chi connectivity index (χ0n) is 38.0. The number of unbranched alkanes of at least 4 members (excludes halogenated alkanes) is 16. The first-order chi connectivity index (χ1) is 28.0. The number of nitrogens with zero attached hydrogens (tertiary/aromatic N) is 1. The molecule has 0 heterocycles. The number of aliphatic hydroxyl groups is 1. The van der Waals surface area contributed by atoms with Crippen LogP contribution in [0.1, 0.15) is 181 Å². The summed E-state index contributed by atoms with van der Waals surface area (Å²) in [5, 5.41) is 13.8. The number of aliphatic hydroxyl groups excluding tert-OH is 1. The van der Waals surface area contributed by atoms with Gasteiger partial charge in [-0.15, -0.1) is 0 Å². The van der Waals surface area contributed by atoms with Gasteiger partial charge in [-0.2, -0.15) is 0 Å². The summed E-state index contributed by atoms with van der Waals surface area (Å²) in [7, 11) is 1.29.